The van der Waals surface area contributed by atoms with Crippen molar-refractivity contribution in [3.05, 3.63) is 11.8 Å². The Labute approximate surface area is 126 Å². The summed E-state index contributed by atoms with van der Waals surface area (Å²) in [6.07, 6.45) is 2.76. The van der Waals surface area contributed by atoms with Crippen molar-refractivity contribution in [1.82, 2.24) is 10.1 Å². The number of aliphatic hydroxyl groups excluding tert-OH is 1. The molecule has 0 aromatic carbocycles. The molecule has 120 valence electrons. The number of nitrogens with zero attached hydrogens (tertiary/aromatic N) is 2. The van der Waals surface area contributed by atoms with Gasteiger partial charge in [0, 0.05) is 18.1 Å². The summed E-state index contributed by atoms with van der Waals surface area (Å²) in [7, 11) is 1.90. The van der Waals surface area contributed by atoms with Gasteiger partial charge in [-0.15, -0.1) is 0 Å². The highest BCUT2D eigenvalue weighted by molar-refractivity contribution is 5.90. The lowest BCUT2D eigenvalue weighted by Gasteiger charge is -2.15. The second kappa shape index (κ2) is 8.14. The molecule has 21 heavy (non-hydrogen) atoms. The number of rotatable bonds is 8. The molecule has 1 rings (SSSR count). The summed E-state index contributed by atoms with van der Waals surface area (Å²) in [6, 6.07) is 1.76. The molecule has 0 unspecified atom stereocenters. The van der Waals surface area contributed by atoms with Crippen molar-refractivity contribution in [3.63, 3.8) is 0 Å². The van der Waals surface area contributed by atoms with Crippen LogP contribution in [0.3, 0.4) is 0 Å². The van der Waals surface area contributed by atoms with Gasteiger partial charge in [0.2, 0.25) is 11.8 Å². The number of carbonyl (C=O) groups is 1. The average molecular weight is 297 g/mol. The lowest BCUT2D eigenvalue weighted by Crippen LogP contribution is -2.30. The number of hydrogen-bond donors (Lipinski definition) is 2. The zero-order chi connectivity index (χ0) is 15.9. The quantitative estimate of drug-likeness (QED) is 0.718. The molecule has 0 radical (unpaired) electrons. The smallest absolute Gasteiger partial charge is 0.240 e. The number of aromatic nitrogens is 1. The summed E-state index contributed by atoms with van der Waals surface area (Å²) in [5.41, 5.74) is 0.714. The molecule has 0 bridgehead atoms. The predicted molar refractivity (Wildman–Crippen MR) is 82.3 cm³/mol. The summed E-state index contributed by atoms with van der Waals surface area (Å²) in [5, 5.41) is 15.4. The Morgan fingerprint density at radius 3 is 2.67 bits per heavy atom. The van der Waals surface area contributed by atoms with Gasteiger partial charge in [0.1, 0.15) is 0 Å². The van der Waals surface area contributed by atoms with Crippen LogP contribution in [-0.4, -0.2) is 47.8 Å². The van der Waals surface area contributed by atoms with E-state index in [0.29, 0.717) is 12.4 Å². The molecular formula is C15H27N3O3. The maximum Gasteiger partial charge on any atom is 0.240 e. The topological polar surface area (TPSA) is 78.6 Å². The van der Waals surface area contributed by atoms with Crippen LogP contribution in [0.4, 0.5) is 5.88 Å². The molecule has 6 nitrogen and oxygen atoms in total. The third-order valence-corrected chi connectivity index (χ3v) is 3.15. The Hall–Kier alpha value is -1.40. The first kappa shape index (κ1) is 17.7. The fourth-order valence-electron chi connectivity index (χ4n) is 1.86. The number of unbranched alkanes of at least 4 members (excludes halogenated alkanes) is 2. The van der Waals surface area contributed by atoms with Crippen LogP contribution in [0.15, 0.2) is 10.6 Å². The number of hydrogen-bond acceptors (Lipinski definition) is 5. The van der Waals surface area contributed by atoms with Crippen molar-refractivity contribution in [1.29, 1.82) is 0 Å². The van der Waals surface area contributed by atoms with Crippen LogP contribution in [-0.2, 0) is 10.2 Å². The van der Waals surface area contributed by atoms with Crippen molar-refractivity contribution in [2.24, 2.45) is 0 Å². The number of anilines is 1. The molecule has 1 amide bonds. The molecule has 0 saturated carbocycles. The van der Waals surface area contributed by atoms with Crippen LogP contribution in [0.1, 0.15) is 45.7 Å². The number of nitrogens with one attached hydrogen (secondary N) is 1. The van der Waals surface area contributed by atoms with E-state index in [2.05, 4.69) is 10.5 Å². The summed E-state index contributed by atoms with van der Waals surface area (Å²) in [5.74, 6) is 0.273. The monoisotopic (exact) mass is 297 g/mol. The van der Waals surface area contributed by atoms with Gasteiger partial charge in [0.05, 0.1) is 12.2 Å². The molecule has 0 fully saturated rings. The predicted octanol–water partition coefficient (Wildman–Crippen LogP) is 2.00. The highest BCUT2D eigenvalue weighted by atomic mass is 16.5. The van der Waals surface area contributed by atoms with Crippen LogP contribution in [0.2, 0.25) is 0 Å². The minimum Gasteiger partial charge on any atom is -0.396 e. The number of carbonyl (C=O) groups excluding carboxylic acids is 1. The Kier molecular flexibility index (Phi) is 6.84. The molecular weight excluding hydrogens is 270 g/mol. The van der Waals surface area contributed by atoms with E-state index in [1.54, 1.807) is 6.07 Å². The molecule has 1 aromatic heterocycles. The van der Waals surface area contributed by atoms with Gasteiger partial charge in [-0.25, -0.2) is 0 Å². The van der Waals surface area contributed by atoms with E-state index >= 15 is 0 Å². The molecule has 6 heteroatoms. The first-order valence-corrected chi connectivity index (χ1v) is 7.39. The van der Waals surface area contributed by atoms with Gasteiger partial charge in [-0.1, -0.05) is 25.9 Å². The number of aliphatic hydroxyl groups is 1. The van der Waals surface area contributed by atoms with E-state index in [-0.39, 0.29) is 17.9 Å². The largest absolute Gasteiger partial charge is 0.396 e. The van der Waals surface area contributed by atoms with Gasteiger partial charge in [0.15, 0.2) is 0 Å². The minimum atomic E-state index is -0.115. The van der Waals surface area contributed by atoms with E-state index in [0.717, 1.165) is 31.5 Å². The van der Waals surface area contributed by atoms with E-state index in [9.17, 15) is 4.79 Å². The third-order valence-electron chi connectivity index (χ3n) is 3.15. The summed E-state index contributed by atoms with van der Waals surface area (Å²) in [6.45, 7) is 7.48. The molecule has 2 N–H and O–H groups in total. The molecule has 0 spiro atoms. The van der Waals surface area contributed by atoms with Crippen LogP contribution < -0.4 is 5.32 Å². The number of amides is 1. The third kappa shape index (κ3) is 6.73. The second-order valence-corrected chi connectivity index (χ2v) is 6.40. The first-order valence-electron chi connectivity index (χ1n) is 7.39. The van der Waals surface area contributed by atoms with Crippen LogP contribution in [0, 0.1) is 0 Å². The van der Waals surface area contributed by atoms with Crippen molar-refractivity contribution in [2.45, 2.75) is 45.4 Å². The molecule has 1 aromatic rings. The highest BCUT2D eigenvalue weighted by Crippen LogP contribution is 2.23. The van der Waals surface area contributed by atoms with Crippen molar-refractivity contribution in [3.8, 4) is 0 Å². The molecule has 0 aliphatic carbocycles. The van der Waals surface area contributed by atoms with Gasteiger partial charge in [-0.2, -0.15) is 0 Å². The van der Waals surface area contributed by atoms with E-state index < -0.39 is 0 Å². The van der Waals surface area contributed by atoms with Crippen molar-refractivity contribution in [2.75, 3.05) is 32.1 Å². The fraction of sp³-hybridized carbons (Fsp3) is 0.733. The molecule has 1 heterocycles. The van der Waals surface area contributed by atoms with Gasteiger partial charge in [-0.3, -0.25) is 15.0 Å². The van der Waals surface area contributed by atoms with Gasteiger partial charge in [0.25, 0.3) is 0 Å². The standard InChI is InChI=1S/C15H27N3O3/c1-15(2,3)12-10-14(21-17-12)16-13(20)11-18(4)8-6-5-7-9-19/h10,19H,5-9,11H2,1-4H3,(H,16,20). The van der Waals surface area contributed by atoms with E-state index in [1.165, 1.54) is 0 Å². The zero-order valence-electron chi connectivity index (χ0n) is 13.5. The van der Waals surface area contributed by atoms with Crippen LogP contribution in [0.25, 0.3) is 0 Å². The summed E-state index contributed by atoms with van der Waals surface area (Å²) >= 11 is 0. The average Bonchev–Trinajstić information content (AvgIpc) is 2.82. The van der Waals surface area contributed by atoms with E-state index in [1.807, 2.05) is 32.7 Å². The Bertz CT molecular complexity index is 438. The Morgan fingerprint density at radius 2 is 2.10 bits per heavy atom. The molecule has 0 aliphatic rings. The van der Waals surface area contributed by atoms with Crippen LogP contribution >= 0.6 is 0 Å². The van der Waals surface area contributed by atoms with E-state index in [4.69, 9.17) is 9.63 Å². The first-order chi connectivity index (χ1) is 9.82. The Morgan fingerprint density at radius 1 is 1.38 bits per heavy atom. The normalized spacial score (nSPS) is 11.9. The minimum absolute atomic E-state index is 0.101. The van der Waals surface area contributed by atoms with Gasteiger partial charge >= 0.3 is 0 Å². The SMILES string of the molecule is CN(CCCCCO)CC(=O)Nc1cc(C(C)(C)C)no1. The van der Waals surface area contributed by atoms with Gasteiger partial charge in [-0.05, 0) is 32.9 Å². The van der Waals surface area contributed by atoms with Gasteiger partial charge < -0.3 is 9.63 Å². The maximum atomic E-state index is 11.9. The number of likely N-dealkylation sites (N-methyl/N-ethyl adjacent to an activating group) is 1. The highest BCUT2D eigenvalue weighted by Gasteiger charge is 2.19. The zero-order valence-corrected chi connectivity index (χ0v) is 13.5. The van der Waals surface area contributed by atoms with Crippen molar-refractivity contribution >= 4 is 11.8 Å². The lowest BCUT2D eigenvalue weighted by molar-refractivity contribution is -0.117. The maximum absolute atomic E-state index is 11.9. The van der Waals surface area contributed by atoms with Crippen molar-refractivity contribution < 1.29 is 14.4 Å². The molecule has 0 saturated heterocycles. The summed E-state index contributed by atoms with van der Waals surface area (Å²) in [4.78, 5) is 13.8. The molecule has 0 atom stereocenters. The molecule has 0 aliphatic heterocycles. The fourth-order valence-corrected chi connectivity index (χ4v) is 1.86. The van der Waals surface area contributed by atoms with Crippen LogP contribution in [0.5, 0.6) is 0 Å². The Balaban J connectivity index is 2.34. The second-order valence-electron chi connectivity index (χ2n) is 6.40. The lowest BCUT2D eigenvalue weighted by atomic mass is 9.92. The summed E-state index contributed by atoms with van der Waals surface area (Å²) < 4.78 is 5.13.